The van der Waals surface area contributed by atoms with Gasteiger partial charge in [0, 0.05) is 0 Å². The lowest BCUT2D eigenvalue weighted by atomic mass is 10.2. The van der Waals surface area contributed by atoms with Crippen molar-refractivity contribution in [3.63, 3.8) is 0 Å². The van der Waals surface area contributed by atoms with Gasteiger partial charge in [0.1, 0.15) is 18.4 Å². The maximum absolute atomic E-state index is 11.8. The highest BCUT2D eigenvalue weighted by molar-refractivity contribution is 5.90. The van der Waals surface area contributed by atoms with Crippen LogP contribution in [0.3, 0.4) is 0 Å². The SMILES string of the molecule is CC(C#N)OC(=O)c1cccc(OCc2ccccc2)c1. The van der Waals surface area contributed by atoms with E-state index in [1.165, 1.54) is 6.92 Å². The van der Waals surface area contributed by atoms with Crippen LogP contribution in [0.1, 0.15) is 22.8 Å². The Morgan fingerprint density at radius 1 is 1.19 bits per heavy atom. The van der Waals surface area contributed by atoms with Crippen molar-refractivity contribution in [2.45, 2.75) is 19.6 Å². The number of carbonyl (C=O) groups is 1. The fraction of sp³-hybridized carbons (Fsp3) is 0.176. The molecule has 0 fully saturated rings. The number of esters is 1. The lowest BCUT2D eigenvalue weighted by Crippen LogP contribution is -2.13. The van der Waals surface area contributed by atoms with Gasteiger partial charge >= 0.3 is 5.97 Å². The van der Waals surface area contributed by atoms with Crippen molar-refractivity contribution in [3.05, 3.63) is 65.7 Å². The number of carbonyl (C=O) groups excluding carboxylic acids is 1. The van der Waals surface area contributed by atoms with E-state index in [9.17, 15) is 4.79 Å². The monoisotopic (exact) mass is 281 g/mol. The van der Waals surface area contributed by atoms with Crippen molar-refractivity contribution in [1.82, 2.24) is 0 Å². The molecule has 0 aliphatic carbocycles. The summed E-state index contributed by atoms with van der Waals surface area (Å²) in [4.78, 5) is 11.8. The van der Waals surface area contributed by atoms with E-state index in [1.807, 2.05) is 36.4 Å². The van der Waals surface area contributed by atoms with Crippen molar-refractivity contribution in [1.29, 1.82) is 5.26 Å². The molecule has 0 spiro atoms. The van der Waals surface area contributed by atoms with Crippen LogP contribution in [0.2, 0.25) is 0 Å². The zero-order valence-electron chi connectivity index (χ0n) is 11.7. The molecule has 0 saturated carbocycles. The summed E-state index contributed by atoms with van der Waals surface area (Å²) in [5, 5.41) is 8.64. The summed E-state index contributed by atoms with van der Waals surface area (Å²) in [6, 6.07) is 18.3. The predicted molar refractivity (Wildman–Crippen MR) is 77.7 cm³/mol. The molecule has 4 nitrogen and oxygen atoms in total. The molecule has 0 radical (unpaired) electrons. The Kier molecular flexibility index (Phi) is 4.94. The summed E-state index contributed by atoms with van der Waals surface area (Å²) in [5.74, 6) is 0.0483. The summed E-state index contributed by atoms with van der Waals surface area (Å²) >= 11 is 0. The van der Waals surface area contributed by atoms with Crippen molar-refractivity contribution in [3.8, 4) is 11.8 Å². The highest BCUT2D eigenvalue weighted by atomic mass is 16.5. The lowest BCUT2D eigenvalue weighted by Gasteiger charge is -2.09. The minimum Gasteiger partial charge on any atom is -0.489 e. The van der Waals surface area contributed by atoms with Gasteiger partial charge in [-0.05, 0) is 30.7 Å². The van der Waals surface area contributed by atoms with Crippen LogP contribution in [0.15, 0.2) is 54.6 Å². The third kappa shape index (κ3) is 4.36. The van der Waals surface area contributed by atoms with Gasteiger partial charge < -0.3 is 9.47 Å². The van der Waals surface area contributed by atoms with Crippen molar-refractivity contribution >= 4 is 5.97 Å². The van der Waals surface area contributed by atoms with E-state index in [4.69, 9.17) is 14.7 Å². The zero-order valence-corrected chi connectivity index (χ0v) is 11.7. The predicted octanol–water partition coefficient (Wildman–Crippen LogP) is 3.33. The largest absolute Gasteiger partial charge is 0.489 e. The van der Waals surface area contributed by atoms with Gasteiger partial charge in [-0.25, -0.2) is 4.79 Å². The topological polar surface area (TPSA) is 59.3 Å². The van der Waals surface area contributed by atoms with Gasteiger partial charge in [-0.15, -0.1) is 0 Å². The molecule has 1 unspecified atom stereocenters. The molecule has 0 amide bonds. The summed E-state index contributed by atoms with van der Waals surface area (Å²) in [7, 11) is 0. The smallest absolute Gasteiger partial charge is 0.339 e. The molecule has 4 heteroatoms. The zero-order chi connectivity index (χ0) is 15.1. The molecule has 0 saturated heterocycles. The molecular weight excluding hydrogens is 266 g/mol. The average Bonchev–Trinajstić information content (AvgIpc) is 2.54. The molecule has 2 rings (SSSR count). The molecule has 1 atom stereocenters. The van der Waals surface area contributed by atoms with E-state index in [0.717, 1.165) is 5.56 Å². The first-order chi connectivity index (χ1) is 10.2. The highest BCUT2D eigenvalue weighted by Gasteiger charge is 2.12. The maximum atomic E-state index is 11.8. The van der Waals surface area contributed by atoms with Crippen LogP contribution in [0.25, 0.3) is 0 Å². The minimum atomic E-state index is -0.772. The number of benzene rings is 2. The van der Waals surface area contributed by atoms with Gasteiger partial charge in [-0.3, -0.25) is 0 Å². The average molecular weight is 281 g/mol. The van der Waals surface area contributed by atoms with Crippen molar-refractivity contribution in [2.24, 2.45) is 0 Å². The second-order valence-electron chi connectivity index (χ2n) is 4.48. The van der Waals surface area contributed by atoms with Crippen molar-refractivity contribution < 1.29 is 14.3 Å². The van der Waals surface area contributed by atoms with Crippen LogP contribution in [0, 0.1) is 11.3 Å². The summed E-state index contributed by atoms with van der Waals surface area (Å²) in [6.07, 6.45) is -0.772. The normalized spacial score (nSPS) is 11.2. The third-order valence-corrected chi connectivity index (χ3v) is 2.78. The van der Waals surface area contributed by atoms with E-state index in [2.05, 4.69) is 0 Å². The molecule has 106 valence electrons. The molecule has 0 aromatic heterocycles. The first kappa shape index (κ1) is 14.6. The van der Waals surface area contributed by atoms with Gasteiger partial charge in [0.25, 0.3) is 0 Å². The Morgan fingerprint density at radius 2 is 1.95 bits per heavy atom. The van der Waals surface area contributed by atoms with Gasteiger partial charge in [0.05, 0.1) is 5.56 Å². The van der Waals surface area contributed by atoms with Crippen LogP contribution >= 0.6 is 0 Å². The van der Waals surface area contributed by atoms with E-state index in [-0.39, 0.29) is 0 Å². The summed E-state index contributed by atoms with van der Waals surface area (Å²) in [5.41, 5.74) is 1.41. The minimum absolute atomic E-state index is 0.364. The molecule has 21 heavy (non-hydrogen) atoms. The van der Waals surface area contributed by atoms with Crippen molar-refractivity contribution in [2.75, 3.05) is 0 Å². The standard InChI is InChI=1S/C17H15NO3/c1-13(11-18)21-17(19)15-8-5-9-16(10-15)20-12-14-6-3-2-4-7-14/h2-10,13H,12H2,1H3. The number of hydrogen-bond donors (Lipinski definition) is 0. The van der Waals surface area contributed by atoms with Gasteiger partial charge in [0.15, 0.2) is 6.10 Å². The van der Waals surface area contributed by atoms with E-state index in [0.29, 0.717) is 17.9 Å². The number of nitrogens with zero attached hydrogens (tertiary/aromatic N) is 1. The van der Waals surface area contributed by atoms with Crippen LogP contribution < -0.4 is 4.74 Å². The first-order valence-electron chi connectivity index (χ1n) is 6.56. The Morgan fingerprint density at radius 3 is 2.67 bits per heavy atom. The molecule has 0 aliphatic rings. The lowest BCUT2D eigenvalue weighted by molar-refractivity contribution is 0.0435. The molecular formula is C17H15NO3. The fourth-order valence-electron chi connectivity index (χ4n) is 1.71. The second kappa shape index (κ2) is 7.11. The molecule has 2 aromatic carbocycles. The van der Waals surface area contributed by atoms with Crippen LogP contribution in [-0.4, -0.2) is 12.1 Å². The summed E-state index contributed by atoms with van der Waals surface area (Å²) in [6.45, 7) is 1.95. The van der Waals surface area contributed by atoms with Crippen LogP contribution in [0.5, 0.6) is 5.75 Å². The van der Waals surface area contributed by atoms with E-state index < -0.39 is 12.1 Å². The number of nitriles is 1. The van der Waals surface area contributed by atoms with Gasteiger partial charge in [0.2, 0.25) is 0 Å². The number of rotatable bonds is 5. The number of hydrogen-bond acceptors (Lipinski definition) is 4. The maximum Gasteiger partial charge on any atom is 0.339 e. The van der Waals surface area contributed by atoms with Gasteiger partial charge in [-0.2, -0.15) is 5.26 Å². The van der Waals surface area contributed by atoms with E-state index in [1.54, 1.807) is 24.3 Å². The van der Waals surface area contributed by atoms with E-state index >= 15 is 0 Å². The summed E-state index contributed by atoms with van der Waals surface area (Å²) < 4.78 is 10.6. The Hall–Kier alpha value is -2.80. The molecule has 0 heterocycles. The highest BCUT2D eigenvalue weighted by Crippen LogP contribution is 2.16. The molecule has 0 bridgehead atoms. The second-order valence-corrected chi connectivity index (χ2v) is 4.48. The Balaban J connectivity index is 2.01. The first-order valence-corrected chi connectivity index (χ1v) is 6.56. The van der Waals surface area contributed by atoms with Gasteiger partial charge in [-0.1, -0.05) is 36.4 Å². The van der Waals surface area contributed by atoms with Crippen LogP contribution in [0.4, 0.5) is 0 Å². The Bertz CT molecular complexity index is 647. The molecule has 0 aliphatic heterocycles. The fourth-order valence-corrected chi connectivity index (χ4v) is 1.71. The molecule has 2 aromatic rings. The third-order valence-electron chi connectivity index (χ3n) is 2.78. The molecule has 0 N–H and O–H groups in total. The Labute approximate surface area is 123 Å². The quantitative estimate of drug-likeness (QED) is 0.789. The van der Waals surface area contributed by atoms with Crippen LogP contribution in [-0.2, 0) is 11.3 Å². The number of ether oxygens (including phenoxy) is 2.